The van der Waals surface area contributed by atoms with Crippen LogP contribution in [0.2, 0.25) is 0 Å². The van der Waals surface area contributed by atoms with E-state index >= 15 is 0 Å². The predicted octanol–water partition coefficient (Wildman–Crippen LogP) is 0.330. The first-order chi connectivity index (χ1) is 17.9. The fraction of sp³-hybridized carbons (Fsp3) is 0.591. The number of anilines is 2. The van der Waals surface area contributed by atoms with Crippen LogP contribution < -0.4 is 10.6 Å². The lowest BCUT2D eigenvalue weighted by molar-refractivity contribution is -0.0384. The Bertz CT molecular complexity index is 1350. The monoisotopic (exact) mass is 512 g/mol. The number of aryl methyl sites for hydroxylation is 2. The van der Waals surface area contributed by atoms with E-state index in [4.69, 9.17) is 9.72 Å². The van der Waals surface area contributed by atoms with Gasteiger partial charge in [0.05, 0.1) is 25.4 Å². The molecule has 4 atom stereocenters. The van der Waals surface area contributed by atoms with Crippen LogP contribution in [-0.2, 0) is 25.3 Å². The van der Waals surface area contributed by atoms with Crippen molar-refractivity contribution in [3.63, 3.8) is 0 Å². The van der Waals surface area contributed by atoms with Gasteiger partial charge in [0.1, 0.15) is 12.2 Å². The van der Waals surface area contributed by atoms with Gasteiger partial charge in [0.15, 0.2) is 29.3 Å². The maximum atomic E-state index is 10.9. The Hall–Kier alpha value is -3.69. The number of imidazole rings is 2. The second kappa shape index (κ2) is 10.4. The first-order valence-corrected chi connectivity index (χ1v) is 12.3. The topological polar surface area (TPSA) is 179 Å². The van der Waals surface area contributed by atoms with Crippen LogP contribution in [0.25, 0.3) is 11.2 Å². The van der Waals surface area contributed by atoms with Gasteiger partial charge in [-0.3, -0.25) is 4.57 Å². The number of fused-ring (bicyclic) bond motifs is 1. The van der Waals surface area contributed by atoms with Crippen molar-refractivity contribution in [2.24, 2.45) is 14.1 Å². The van der Waals surface area contributed by atoms with Gasteiger partial charge >= 0.3 is 0 Å². The molecule has 0 spiro atoms. The smallest absolute Gasteiger partial charge is 0.226 e. The summed E-state index contributed by atoms with van der Waals surface area (Å²) in [5, 5.41) is 40.1. The average Bonchev–Trinajstić information content (AvgIpc) is 3.66. The summed E-state index contributed by atoms with van der Waals surface area (Å²) in [6.45, 7) is 4.78. The number of aliphatic hydroxyl groups is 2. The Morgan fingerprint density at radius 3 is 2.57 bits per heavy atom. The minimum absolute atomic E-state index is 0.184. The van der Waals surface area contributed by atoms with E-state index in [1.807, 2.05) is 17.8 Å². The molecule has 15 nitrogen and oxygen atoms in total. The summed E-state index contributed by atoms with van der Waals surface area (Å²) in [7, 11) is 3.54. The zero-order valence-corrected chi connectivity index (χ0v) is 21.2. The normalized spacial score (nSPS) is 21.8. The quantitative estimate of drug-likeness (QED) is 0.229. The van der Waals surface area contributed by atoms with Crippen LogP contribution in [0.5, 0.6) is 0 Å². The highest BCUT2D eigenvalue weighted by Gasteiger charge is 2.47. The molecule has 1 saturated heterocycles. The fourth-order valence-electron chi connectivity index (χ4n) is 4.38. The van der Waals surface area contributed by atoms with Crippen LogP contribution in [0.1, 0.15) is 50.5 Å². The first-order valence-electron chi connectivity index (χ1n) is 12.3. The number of nitrogens with zero attached hydrogens (tertiary/aromatic N) is 10. The van der Waals surface area contributed by atoms with Crippen LogP contribution in [-0.4, -0.2) is 84.3 Å². The zero-order chi connectivity index (χ0) is 26.1. The van der Waals surface area contributed by atoms with Crippen molar-refractivity contribution in [2.75, 3.05) is 17.2 Å². The Morgan fingerprint density at radius 1 is 1.08 bits per heavy atom. The van der Waals surface area contributed by atoms with E-state index in [0.29, 0.717) is 35.9 Å². The third-order valence-corrected chi connectivity index (χ3v) is 6.46. The van der Waals surface area contributed by atoms with Crippen molar-refractivity contribution in [3.05, 3.63) is 30.4 Å². The molecule has 4 aromatic heterocycles. The lowest BCUT2D eigenvalue weighted by atomic mass is 10.1. The van der Waals surface area contributed by atoms with Gasteiger partial charge in [-0.25, -0.2) is 9.97 Å². The summed E-state index contributed by atoms with van der Waals surface area (Å²) in [6.07, 6.45) is 3.33. The van der Waals surface area contributed by atoms with Crippen molar-refractivity contribution in [3.8, 4) is 0 Å². The van der Waals surface area contributed by atoms with E-state index in [-0.39, 0.29) is 11.9 Å². The summed E-state index contributed by atoms with van der Waals surface area (Å²) in [6, 6.07) is 0.201. The Kier molecular flexibility index (Phi) is 6.99. The number of hydrogen-bond donors (Lipinski definition) is 4. The summed E-state index contributed by atoms with van der Waals surface area (Å²) >= 11 is 0. The number of aromatic nitrogens is 10. The van der Waals surface area contributed by atoms with Gasteiger partial charge in [-0.2, -0.15) is 14.8 Å². The lowest BCUT2D eigenvalue weighted by Crippen LogP contribution is -2.29. The van der Waals surface area contributed by atoms with Crippen LogP contribution in [0, 0.1) is 0 Å². The highest BCUT2D eigenvalue weighted by atomic mass is 16.6. The number of rotatable bonds is 10. The van der Waals surface area contributed by atoms with Gasteiger partial charge in [0.25, 0.3) is 0 Å². The molecule has 1 fully saturated rings. The number of nitrogens with one attached hydrogen (secondary N) is 2. The van der Waals surface area contributed by atoms with Crippen molar-refractivity contribution >= 4 is 22.9 Å². The van der Waals surface area contributed by atoms with E-state index in [9.17, 15) is 10.2 Å². The minimum Gasteiger partial charge on any atom is -0.387 e. The van der Waals surface area contributed by atoms with Crippen molar-refractivity contribution in [1.82, 2.24) is 49.3 Å². The molecule has 4 N–H and O–H groups in total. The molecule has 0 radical (unpaired) electrons. The number of hydrogen-bond acceptors (Lipinski definition) is 12. The third-order valence-electron chi connectivity index (χ3n) is 6.46. The fourth-order valence-corrected chi connectivity index (χ4v) is 4.38. The summed E-state index contributed by atoms with van der Waals surface area (Å²) in [5.41, 5.74) is 1.94. The molecule has 0 saturated carbocycles. The first kappa shape index (κ1) is 25.0. The molecule has 0 aromatic carbocycles. The standard InChI is InChI=1S/C22H32N12O3/c1-5-12(6-2)26-18-14-20(28-22(27-18)23-8-7-13-9-32(3)10-24-13)34(11-25-14)21-16(36)15(35)17(37-21)19-29-31-33(4)30-19/h9-12,15-17,21,35-36H,5-8H2,1-4H3,(H2,23,26,27,28)/t15-,16+,17-,21+/m0/s1. The third kappa shape index (κ3) is 4.97. The van der Waals surface area contributed by atoms with Gasteiger partial charge in [-0.15, -0.1) is 10.2 Å². The van der Waals surface area contributed by atoms with E-state index in [1.165, 1.54) is 11.1 Å². The zero-order valence-electron chi connectivity index (χ0n) is 21.2. The SMILES string of the molecule is CCC(CC)Nc1nc(NCCc2cn(C)cn2)nc2c1ncn2[C@@H]1O[C@H](c2nnn(C)n2)[C@@H](O)[C@H]1O. The molecule has 37 heavy (non-hydrogen) atoms. The largest absolute Gasteiger partial charge is 0.387 e. The molecule has 1 aliphatic heterocycles. The van der Waals surface area contributed by atoms with Crippen LogP contribution in [0.3, 0.4) is 0 Å². The molecule has 1 aliphatic rings. The number of tetrazole rings is 1. The van der Waals surface area contributed by atoms with Gasteiger partial charge in [-0.1, -0.05) is 13.8 Å². The summed E-state index contributed by atoms with van der Waals surface area (Å²) in [4.78, 5) is 19.5. The maximum Gasteiger partial charge on any atom is 0.226 e. The minimum atomic E-state index is -1.27. The van der Waals surface area contributed by atoms with Gasteiger partial charge in [-0.05, 0) is 18.1 Å². The van der Waals surface area contributed by atoms with E-state index in [0.717, 1.165) is 18.5 Å². The average molecular weight is 513 g/mol. The van der Waals surface area contributed by atoms with Crippen LogP contribution >= 0.6 is 0 Å². The second-order valence-electron chi connectivity index (χ2n) is 9.15. The molecule has 15 heteroatoms. The van der Waals surface area contributed by atoms with Gasteiger partial charge in [0.2, 0.25) is 11.8 Å². The van der Waals surface area contributed by atoms with Gasteiger partial charge in [0, 0.05) is 32.3 Å². The predicted molar refractivity (Wildman–Crippen MR) is 132 cm³/mol. The summed E-state index contributed by atoms with van der Waals surface area (Å²) < 4.78 is 9.52. The molecule has 0 bridgehead atoms. The molecular weight excluding hydrogens is 480 g/mol. The molecular formula is C22H32N12O3. The Balaban J connectivity index is 1.46. The Morgan fingerprint density at radius 2 is 1.89 bits per heavy atom. The van der Waals surface area contributed by atoms with Crippen LogP contribution in [0.15, 0.2) is 18.9 Å². The second-order valence-corrected chi connectivity index (χ2v) is 9.15. The molecule has 0 aliphatic carbocycles. The van der Waals surface area contributed by atoms with Crippen molar-refractivity contribution < 1.29 is 14.9 Å². The molecule has 5 rings (SSSR count). The van der Waals surface area contributed by atoms with Crippen molar-refractivity contribution in [1.29, 1.82) is 0 Å². The van der Waals surface area contributed by atoms with E-state index in [1.54, 1.807) is 17.9 Å². The van der Waals surface area contributed by atoms with Crippen molar-refractivity contribution in [2.45, 2.75) is 63.7 Å². The number of ether oxygens (including phenoxy) is 1. The van der Waals surface area contributed by atoms with E-state index in [2.05, 4.69) is 54.8 Å². The molecule has 4 aromatic rings. The van der Waals surface area contributed by atoms with E-state index < -0.39 is 24.5 Å². The van der Waals surface area contributed by atoms with Crippen LogP contribution in [0.4, 0.5) is 11.8 Å². The molecule has 198 valence electrons. The highest BCUT2D eigenvalue weighted by Crippen LogP contribution is 2.39. The number of aliphatic hydroxyl groups excluding tert-OH is 2. The summed E-state index contributed by atoms with van der Waals surface area (Å²) in [5.74, 6) is 1.17. The molecule has 5 heterocycles. The molecule has 0 amide bonds. The maximum absolute atomic E-state index is 10.9. The van der Waals surface area contributed by atoms with Gasteiger partial charge < -0.3 is 30.2 Å². The molecule has 0 unspecified atom stereocenters. The lowest BCUT2D eigenvalue weighted by Gasteiger charge is -2.18. The Labute approximate surface area is 212 Å². The highest BCUT2D eigenvalue weighted by molar-refractivity contribution is 5.84.